The van der Waals surface area contributed by atoms with E-state index >= 15 is 0 Å². The summed E-state index contributed by atoms with van der Waals surface area (Å²) < 4.78 is 0. The van der Waals surface area contributed by atoms with Gasteiger partial charge in [-0.3, -0.25) is 9.59 Å². The second kappa shape index (κ2) is 3.97. The first-order valence-corrected chi connectivity index (χ1v) is 2.86. The molecule has 1 aromatic heterocycles. The first-order chi connectivity index (χ1) is 4.61. The second-order valence-electron chi connectivity index (χ2n) is 2.08. The average Bonchev–Trinajstić information content (AvgIpc) is 1.82. The third-order valence-electron chi connectivity index (χ3n) is 1.37. The van der Waals surface area contributed by atoms with E-state index in [0.717, 1.165) is 0 Å². The molecule has 1 rings (SSSR count). The van der Waals surface area contributed by atoms with Crippen molar-refractivity contribution < 1.29 is 32.7 Å². The van der Waals surface area contributed by atoms with Crippen LogP contribution in [0.5, 0.6) is 0 Å². The van der Waals surface area contributed by atoms with E-state index in [1.807, 2.05) is 0 Å². The van der Waals surface area contributed by atoms with Gasteiger partial charge in [-0.05, 0) is 19.4 Å². The van der Waals surface area contributed by atoms with Crippen molar-refractivity contribution in [2.45, 2.75) is 13.8 Å². The maximum atomic E-state index is 10.8. The van der Waals surface area contributed by atoms with Gasteiger partial charge < -0.3 is 9.97 Å². The Morgan fingerprint density at radius 1 is 1.27 bits per heavy atom. The molecule has 0 amide bonds. The minimum absolute atomic E-state index is 0. The minimum Gasteiger partial charge on any atom is -0.404 e. The maximum Gasteiger partial charge on any atom is 0.173 e. The number of nitrogens with zero attached hydrogens (tertiary/aromatic N) is 1. The largest absolute Gasteiger partial charge is 0.404 e. The monoisotopic (exact) mass is 228 g/mol. The van der Waals surface area contributed by atoms with Crippen LogP contribution in [0.2, 0.25) is 0 Å². The molecule has 0 saturated carbocycles. The smallest absolute Gasteiger partial charge is 0.173 e. The van der Waals surface area contributed by atoms with Crippen molar-refractivity contribution in [3.05, 3.63) is 32.1 Å². The number of nitrogens with one attached hydrogen (secondary N) is 1. The molecule has 0 aliphatic carbocycles. The van der Waals surface area contributed by atoms with Gasteiger partial charge in [0.15, 0.2) is 11.2 Å². The third-order valence-corrected chi connectivity index (χ3v) is 1.37. The van der Waals surface area contributed by atoms with E-state index in [1.165, 1.54) is 0 Å². The predicted molar refractivity (Wildman–Crippen MR) is 36.1 cm³/mol. The molecular formula is C6H7N2O2Y-. The number of rotatable bonds is 0. The van der Waals surface area contributed by atoms with Crippen LogP contribution in [0.25, 0.3) is 0 Å². The first kappa shape index (κ1) is 10.8. The van der Waals surface area contributed by atoms with E-state index in [9.17, 15) is 9.59 Å². The first-order valence-electron chi connectivity index (χ1n) is 2.86. The molecule has 4 nitrogen and oxygen atoms in total. The van der Waals surface area contributed by atoms with Crippen LogP contribution >= 0.6 is 0 Å². The average molecular weight is 228 g/mol. The Morgan fingerprint density at radius 3 is 2.27 bits per heavy atom. The standard InChI is InChI=1S/C6H8N2O2.Y/c1-3-4(2)7-6(10)8-5(3)9;/h1-2H3,(H2,7,8,9,10);/p-1. The Morgan fingerprint density at radius 2 is 1.82 bits per heavy atom. The number of aromatic nitrogens is 2. The van der Waals surface area contributed by atoms with Gasteiger partial charge >= 0.3 is 0 Å². The molecule has 1 N–H and O–H groups in total. The topological polar surface area (TPSA) is 64.0 Å². The zero-order valence-corrected chi connectivity index (χ0v) is 9.18. The second-order valence-corrected chi connectivity index (χ2v) is 2.08. The molecule has 0 saturated heterocycles. The molecule has 57 valence electrons. The van der Waals surface area contributed by atoms with Gasteiger partial charge in [-0.2, -0.15) is 0 Å². The van der Waals surface area contributed by atoms with Gasteiger partial charge in [0.05, 0.1) is 0 Å². The molecule has 0 fully saturated rings. The Bertz CT molecular complexity index is 352. The van der Waals surface area contributed by atoms with Gasteiger partial charge in [0, 0.05) is 32.7 Å². The SMILES string of the molecule is Cc1[n-]c(=O)[nH]c(=O)c1C.[Y]. The van der Waals surface area contributed by atoms with Crippen molar-refractivity contribution in [1.82, 2.24) is 9.97 Å². The van der Waals surface area contributed by atoms with Gasteiger partial charge in [-0.25, -0.2) is 0 Å². The number of hydrogen-bond donors (Lipinski definition) is 1. The molecule has 1 aromatic rings. The number of H-pyrrole nitrogens is 1. The summed E-state index contributed by atoms with van der Waals surface area (Å²) in [6.07, 6.45) is 0. The molecule has 0 atom stereocenters. The normalized spacial score (nSPS) is 8.91. The van der Waals surface area contributed by atoms with Gasteiger partial charge in [-0.15, -0.1) is 0 Å². The fourth-order valence-corrected chi connectivity index (χ4v) is 0.619. The molecule has 1 radical (unpaired) electrons. The summed E-state index contributed by atoms with van der Waals surface area (Å²) in [5.41, 5.74) is 0.0685. The Hall–Kier alpha value is -0.216. The van der Waals surface area contributed by atoms with E-state index in [4.69, 9.17) is 0 Å². The number of aryl methyl sites for hydroxylation is 1. The molecule has 0 aliphatic heterocycles. The molecule has 11 heavy (non-hydrogen) atoms. The van der Waals surface area contributed by atoms with Crippen LogP contribution in [-0.2, 0) is 32.7 Å². The quantitative estimate of drug-likeness (QED) is 0.639. The molecule has 0 aromatic carbocycles. The Balaban J connectivity index is 0.000001000. The van der Waals surface area contributed by atoms with Crippen molar-refractivity contribution in [1.29, 1.82) is 0 Å². The summed E-state index contributed by atoms with van der Waals surface area (Å²) in [5.74, 6) is 0. The van der Waals surface area contributed by atoms with E-state index in [0.29, 0.717) is 11.3 Å². The van der Waals surface area contributed by atoms with Crippen molar-refractivity contribution >= 4 is 0 Å². The summed E-state index contributed by atoms with van der Waals surface area (Å²) in [6, 6.07) is 0. The zero-order valence-electron chi connectivity index (χ0n) is 6.34. The van der Waals surface area contributed by atoms with Gasteiger partial charge in [0.25, 0.3) is 0 Å². The molecule has 0 aliphatic rings. The molecule has 5 heteroatoms. The summed E-state index contributed by atoms with van der Waals surface area (Å²) >= 11 is 0. The molecule has 0 unspecified atom stereocenters. The van der Waals surface area contributed by atoms with Crippen LogP contribution in [-0.4, -0.2) is 4.98 Å². The van der Waals surface area contributed by atoms with Gasteiger partial charge in [0.2, 0.25) is 0 Å². The number of hydrogen-bond acceptors (Lipinski definition) is 2. The Kier molecular flexibility index (Phi) is 3.90. The van der Waals surface area contributed by atoms with E-state index in [-0.39, 0.29) is 38.3 Å². The summed E-state index contributed by atoms with van der Waals surface area (Å²) in [5, 5.41) is 0. The third kappa shape index (κ3) is 2.38. The van der Waals surface area contributed by atoms with Crippen molar-refractivity contribution in [2.24, 2.45) is 0 Å². The minimum atomic E-state index is -0.576. The van der Waals surface area contributed by atoms with Crippen LogP contribution in [0.1, 0.15) is 11.3 Å². The molecule has 0 spiro atoms. The molecule has 0 bridgehead atoms. The number of aromatic amines is 1. The summed E-state index contributed by atoms with van der Waals surface area (Å²) in [6.45, 7) is 3.26. The van der Waals surface area contributed by atoms with Crippen LogP contribution < -0.4 is 16.2 Å². The maximum absolute atomic E-state index is 10.8. The van der Waals surface area contributed by atoms with E-state index < -0.39 is 5.69 Å². The predicted octanol–water partition coefficient (Wildman–Crippen LogP) is -0.693. The van der Waals surface area contributed by atoms with Crippen LogP contribution in [0, 0.1) is 13.8 Å². The fraction of sp³-hybridized carbons (Fsp3) is 0.333. The van der Waals surface area contributed by atoms with Gasteiger partial charge in [-0.1, -0.05) is 5.69 Å². The van der Waals surface area contributed by atoms with E-state index in [1.54, 1.807) is 13.8 Å². The fourth-order valence-electron chi connectivity index (χ4n) is 0.619. The van der Waals surface area contributed by atoms with Crippen molar-refractivity contribution in [2.75, 3.05) is 0 Å². The Labute approximate surface area is 88.3 Å². The summed E-state index contributed by atoms with van der Waals surface area (Å²) in [4.78, 5) is 26.8. The molecular weight excluding hydrogens is 221 g/mol. The van der Waals surface area contributed by atoms with Crippen LogP contribution in [0.4, 0.5) is 0 Å². The van der Waals surface area contributed by atoms with Crippen LogP contribution in [0.15, 0.2) is 9.59 Å². The molecule has 1 heterocycles. The summed E-state index contributed by atoms with van der Waals surface area (Å²) in [7, 11) is 0. The van der Waals surface area contributed by atoms with Crippen molar-refractivity contribution in [3.8, 4) is 0 Å². The van der Waals surface area contributed by atoms with E-state index in [2.05, 4.69) is 9.97 Å². The van der Waals surface area contributed by atoms with Crippen LogP contribution in [0.3, 0.4) is 0 Å². The van der Waals surface area contributed by atoms with Crippen molar-refractivity contribution in [3.63, 3.8) is 0 Å². The zero-order chi connectivity index (χ0) is 7.72. The van der Waals surface area contributed by atoms with Gasteiger partial charge in [0.1, 0.15) is 0 Å².